The minimum Gasteiger partial charge on any atom is -0.461 e. The highest BCUT2D eigenvalue weighted by Gasteiger charge is 2.39. The van der Waals surface area contributed by atoms with Crippen molar-refractivity contribution in [2.45, 2.75) is 32.7 Å². The standard InChI is InChI=1S/C21H22FN3O4/c1-21(2)12-25(7-5-17(21)24-18(26)9-13-10-23-29-11-13)20(27)15-3-4-16(22)19-14(15)6-8-28-19/h3-4,6,8,10-11,17H,5,7,9,12H2,1-2H3,(H,24,26). The van der Waals surface area contributed by atoms with Gasteiger partial charge in [-0.2, -0.15) is 0 Å². The van der Waals surface area contributed by atoms with Crippen LogP contribution in [-0.2, 0) is 11.2 Å². The van der Waals surface area contributed by atoms with Crippen molar-refractivity contribution in [2.24, 2.45) is 5.41 Å². The summed E-state index contributed by atoms with van der Waals surface area (Å²) in [6.45, 7) is 5.02. The Morgan fingerprint density at radius 1 is 1.34 bits per heavy atom. The van der Waals surface area contributed by atoms with E-state index in [0.717, 1.165) is 0 Å². The van der Waals surface area contributed by atoms with Gasteiger partial charge in [0.2, 0.25) is 5.91 Å². The van der Waals surface area contributed by atoms with Crippen LogP contribution in [0.2, 0.25) is 0 Å². The molecule has 1 aliphatic rings. The molecule has 0 aliphatic carbocycles. The molecule has 152 valence electrons. The van der Waals surface area contributed by atoms with Crippen molar-refractivity contribution in [2.75, 3.05) is 13.1 Å². The first-order chi connectivity index (χ1) is 13.8. The fraction of sp³-hybridized carbons (Fsp3) is 0.381. The third-order valence-corrected chi connectivity index (χ3v) is 5.50. The summed E-state index contributed by atoms with van der Waals surface area (Å²) >= 11 is 0. The van der Waals surface area contributed by atoms with Gasteiger partial charge in [0, 0.05) is 35.5 Å². The van der Waals surface area contributed by atoms with Crippen molar-refractivity contribution in [1.82, 2.24) is 15.4 Å². The maximum absolute atomic E-state index is 13.9. The molecule has 0 saturated carbocycles. The number of benzene rings is 1. The smallest absolute Gasteiger partial charge is 0.254 e. The van der Waals surface area contributed by atoms with Crippen molar-refractivity contribution >= 4 is 22.8 Å². The SMILES string of the molecule is CC1(C)CN(C(=O)c2ccc(F)c3occc23)CCC1NC(=O)Cc1cnoc1. The Balaban J connectivity index is 1.45. The predicted molar refractivity (Wildman–Crippen MR) is 103 cm³/mol. The summed E-state index contributed by atoms with van der Waals surface area (Å²) in [6.07, 6.45) is 5.18. The summed E-state index contributed by atoms with van der Waals surface area (Å²) < 4.78 is 23.8. The largest absolute Gasteiger partial charge is 0.461 e. The molecular weight excluding hydrogens is 377 g/mol. The molecule has 1 N–H and O–H groups in total. The Morgan fingerprint density at radius 3 is 2.90 bits per heavy atom. The average molecular weight is 399 g/mol. The number of aromatic nitrogens is 1. The van der Waals surface area contributed by atoms with E-state index < -0.39 is 5.82 Å². The third-order valence-electron chi connectivity index (χ3n) is 5.50. The van der Waals surface area contributed by atoms with Crippen LogP contribution in [0.25, 0.3) is 11.0 Å². The van der Waals surface area contributed by atoms with E-state index in [1.165, 1.54) is 30.9 Å². The molecule has 0 radical (unpaired) electrons. The molecule has 1 atom stereocenters. The molecule has 1 aliphatic heterocycles. The van der Waals surface area contributed by atoms with Gasteiger partial charge in [-0.25, -0.2) is 4.39 Å². The monoisotopic (exact) mass is 399 g/mol. The summed E-state index contributed by atoms with van der Waals surface area (Å²) in [6, 6.07) is 4.28. The van der Waals surface area contributed by atoms with Gasteiger partial charge < -0.3 is 19.2 Å². The zero-order chi connectivity index (χ0) is 20.6. The Labute approximate surface area is 166 Å². The third kappa shape index (κ3) is 3.74. The summed E-state index contributed by atoms with van der Waals surface area (Å²) in [5, 5.41) is 7.14. The van der Waals surface area contributed by atoms with E-state index in [-0.39, 0.29) is 35.3 Å². The molecule has 0 bridgehead atoms. The minimum absolute atomic E-state index is 0.0685. The number of fused-ring (bicyclic) bond motifs is 1. The van der Waals surface area contributed by atoms with E-state index in [0.29, 0.717) is 36.0 Å². The van der Waals surface area contributed by atoms with Crippen LogP contribution in [0, 0.1) is 11.2 Å². The quantitative estimate of drug-likeness (QED) is 0.728. The number of furan rings is 1. The van der Waals surface area contributed by atoms with Gasteiger partial charge in [0.05, 0.1) is 24.4 Å². The number of hydrogen-bond acceptors (Lipinski definition) is 5. The van der Waals surface area contributed by atoms with Gasteiger partial charge >= 0.3 is 0 Å². The van der Waals surface area contributed by atoms with Crippen LogP contribution in [-0.4, -0.2) is 41.0 Å². The van der Waals surface area contributed by atoms with E-state index in [4.69, 9.17) is 8.94 Å². The number of hydrogen-bond donors (Lipinski definition) is 1. The van der Waals surface area contributed by atoms with Gasteiger partial charge in [-0.05, 0) is 24.6 Å². The lowest BCUT2D eigenvalue weighted by molar-refractivity contribution is -0.122. The molecule has 29 heavy (non-hydrogen) atoms. The molecule has 1 aromatic carbocycles. The van der Waals surface area contributed by atoms with Gasteiger partial charge in [-0.15, -0.1) is 0 Å². The second-order valence-corrected chi connectivity index (χ2v) is 8.09. The van der Waals surface area contributed by atoms with Crippen LogP contribution in [0.5, 0.6) is 0 Å². The maximum atomic E-state index is 13.9. The summed E-state index contributed by atoms with van der Waals surface area (Å²) in [5.41, 5.74) is 0.897. The van der Waals surface area contributed by atoms with Crippen molar-refractivity contribution in [3.63, 3.8) is 0 Å². The van der Waals surface area contributed by atoms with Gasteiger partial charge in [0.1, 0.15) is 6.26 Å². The molecule has 7 nitrogen and oxygen atoms in total. The van der Waals surface area contributed by atoms with Crippen LogP contribution in [0.1, 0.15) is 36.2 Å². The summed E-state index contributed by atoms with van der Waals surface area (Å²) in [4.78, 5) is 27.2. The van der Waals surface area contributed by atoms with Gasteiger partial charge in [0.25, 0.3) is 5.91 Å². The van der Waals surface area contributed by atoms with Gasteiger partial charge in [-0.3, -0.25) is 9.59 Å². The first-order valence-corrected chi connectivity index (χ1v) is 9.48. The Morgan fingerprint density at radius 2 is 2.17 bits per heavy atom. The van der Waals surface area contributed by atoms with Crippen molar-refractivity contribution in [3.8, 4) is 0 Å². The van der Waals surface area contributed by atoms with E-state index in [9.17, 15) is 14.0 Å². The lowest BCUT2D eigenvalue weighted by Crippen LogP contribution is -2.57. The molecule has 1 saturated heterocycles. The van der Waals surface area contributed by atoms with Crippen molar-refractivity contribution in [3.05, 3.63) is 53.9 Å². The number of rotatable bonds is 4. The first kappa shape index (κ1) is 19.2. The highest BCUT2D eigenvalue weighted by Crippen LogP contribution is 2.32. The molecule has 4 rings (SSSR count). The number of halogens is 1. The van der Waals surface area contributed by atoms with Crippen LogP contribution >= 0.6 is 0 Å². The number of carbonyl (C=O) groups excluding carboxylic acids is 2. The lowest BCUT2D eigenvalue weighted by atomic mass is 9.78. The van der Waals surface area contributed by atoms with Crippen molar-refractivity contribution < 1.29 is 22.9 Å². The van der Waals surface area contributed by atoms with E-state index in [1.54, 1.807) is 11.0 Å². The van der Waals surface area contributed by atoms with E-state index in [2.05, 4.69) is 10.5 Å². The topological polar surface area (TPSA) is 88.6 Å². The number of likely N-dealkylation sites (tertiary alicyclic amines) is 1. The maximum Gasteiger partial charge on any atom is 0.254 e. The van der Waals surface area contributed by atoms with Crippen LogP contribution in [0.3, 0.4) is 0 Å². The second-order valence-electron chi connectivity index (χ2n) is 8.09. The van der Waals surface area contributed by atoms with Crippen LogP contribution in [0.15, 0.2) is 45.9 Å². The molecule has 2 amide bonds. The Hall–Kier alpha value is -3.16. The van der Waals surface area contributed by atoms with Crippen LogP contribution in [0.4, 0.5) is 4.39 Å². The number of amides is 2. The molecule has 2 aromatic heterocycles. The normalized spacial score (nSPS) is 18.7. The fourth-order valence-corrected chi connectivity index (χ4v) is 3.93. The molecular formula is C21H22FN3O4. The molecule has 1 fully saturated rings. The molecule has 3 heterocycles. The Kier molecular flexibility index (Phi) is 4.86. The number of nitrogens with one attached hydrogen (secondary N) is 1. The van der Waals surface area contributed by atoms with E-state index in [1.807, 2.05) is 13.8 Å². The summed E-state index contributed by atoms with van der Waals surface area (Å²) in [5.74, 6) is -0.764. The minimum atomic E-state index is -0.490. The zero-order valence-corrected chi connectivity index (χ0v) is 16.3. The highest BCUT2D eigenvalue weighted by atomic mass is 19.1. The predicted octanol–water partition coefficient (Wildman–Crippen LogP) is 3.16. The van der Waals surface area contributed by atoms with Gasteiger partial charge in [-0.1, -0.05) is 19.0 Å². The lowest BCUT2D eigenvalue weighted by Gasteiger charge is -2.44. The molecule has 1 unspecified atom stereocenters. The average Bonchev–Trinajstić information content (AvgIpc) is 3.35. The van der Waals surface area contributed by atoms with Crippen LogP contribution < -0.4 is 5.32 Å². The second kappa shape index (κ2) is 7.35. The zero-order valence-electron chi connectivity index (χ0n) is 16.3. The van der Waals surface area contributed by atoms with E-state index >= 15 is 0 Å². The fourth-order valence-electron chi connectivity index (χ4n) is 3.93. The highest BCUT2D eigenvalue weighted by molar-refractivity contribution is 6.06. The number of nitrogens with zero attached hydrogens (tertiary/aromatic N) is 2. The molecule has 0 spiro atoms. The number of piperidine rings is 1. The first-order valence-electron chi connectivity index (χ1n) is 9.48. The summed E-state index contributed by atoms with van der Waals surface area (Å²) in [7, 11) is 0. The molecule has 3 aromatic rings. The molecule has 8 heteroatoms. The Bertz CT molecular complexity index is 1040. The van der Waals surface area contributed by atoms with Crippen molar-refractivity contribution in [1.29, 1.82) is 0 Å². The number of carbonyl (C=O) groups is 2. The van der Waals surface area contributed by atoms with Gasteiger partial charge in [0.15, 0.2) is 11.4 Å².